The van der Waals surface area contributed by atoms with Crippen molar-refractivity contribution in [2.45, 2.75) is 12.5 Å². The van der Waals surface area contributed by atoms with E-state index in [0.29, 0.717) is 0 Å². The molecule has 1 atom stereocenters. The standard InChI is InChI=1S/C12H16N2O3/c1-13-8-11(15)14-10(7-12(16)17)9-5-3-2-4-6-9/h2-6,10,13H,7-8H2,1H3,(H,14,15)(H,16,17). The van der Waals surface area contributed by atoms with E-state index in [2.05, 4.69) is 10.6 Å². The quantitative estimate of drug-likeness (QED) is 0.673. The van der Waals surface area contributed by atoms with Crippen molar-refractivity contribution in [1.82, 2.24) is 10.6 Å². The number of carbonyl (C=O) groups excluding carboxylic acids is 1. The van der Waals surface area contributed by atoms with Gasteiger partial charge in [-0.3, -0.25) is 9.59 Å². The van der Waals surface area contributed by atoms with Crippen LogP contribution in [-0.4, -0.2) is 30.6 Å². The van der Waals surface area contributed by atoms with Crippen molar-refractivity contribution in [1.29, 1.82) is 0 Å². The molecule has 1 aromatic rings. The Hall–Kier alpha value is -1.88. The van der Waals surface area contributed by atoms with Crippen molar-refractivity contribution in [3.63, 3.8) is 0 Å². The van der Waals surface area contributed by atoms with Crippen molar-refractivity contribution in [2.24, 2.45) is 0 Å². The Morgan fingerprint density at radius 2 is 1.94 bits per heavy atom. The van der Waals surface area contributed by atoms with E-state index < -0.39 is 12.0 Å². The number of aliphatic carboxylic acids is 1. The molecule has 1 aromatic carbocycles. The highest BCUT2D eigenvalue weighted by Crippen LogP contribution is 2.16. The maximum Gasteiger partial charge on any atom is 0.305 e. The molecular formula is C12H16N2O3. The second kappa shape index (κ2) is 6.65. The third-order valence-corrected chi connectivity index (χ3v) is 2.25. The number of amides is 1. The lowest BCUT2D eigenvalue weighted by molar-refractivity contribution is -0.137. The Labute approximate surface area is 99.8 Å². The number of rotatable bonds is 6. The topological polar surface area (TPSA) is 78.4 Å². The molecule has 0 radical (unpaired) electrons. The molecule has 0 saturated carbocycles. The summed E-state index contributed by atoms with van der Waals surface area (Å²) in [6.07, 6.45) is -0.126. The first-order valence-electron chi connectivity index (χ1n) is 5.34. The lowest BCUT2D eigenvalue weighted by Crippen LogP contribution is -2.36. The average molecular weight is 236 g/mol. The van der Waals surface area contributed by atoms with Gasteiger partial charge in [0.2, 0.25) is 5.91 Å². The van der Waals surface area contributed by atoms with Gasteiger partial charge in [0.05, 0.1) is 19.0 Å². The van der Waals surface area contributed by atoms with Crippen LogP contribution < -0.4 is 10.6 Å². The molecule has 0 aliphatic heterocycles. The minimum Gasteiger partial charge on any atom is -0.481 e. The van der Waals surface area contributed by atoms with Gasteiger partial charge in [0.15, 0.2) is 0 Å². The number of hydrogen-bond donors (Lipinski definition) is 3. The van der Waals surface area contributed by atoms with Gasteiger partial charge in [-0.1, -0.05) is 30.3 Å². The van der Waals surface area contributed by atoms with E-state index in [1.54, 1.807) is 19.2 Å². The Balaban J connectivity index is 2.74. The first kappa shape index (κ1) is 13.2. The van der Waals surface area contributed by atoms with Crippen LogP contribution in [0.1, 0.15) is 18.0 Å². The van der Waals surface area contributed by atoms with Crippen LogP contribution in [0.15, 0.2) is 30.3 Å². The molecule has 0 bridgehead atoms. The summed E-state index contributed by atoms with van der Waals surface area (Å²) in [5.41, 5.74) is 0.791. The fourth-order valence-corrected chi connectivity index (χ4v) is 1.52. The van der Waals surface area contributed by atoms with E-state index in [1.165, 1.54) is 0 Å². The van der Waals surface area contributed by atoms with Crippen molar-refractivity contribution in [3.8, 4) is 0 Å². The molecule has 0 heterocycles. The lowest BCUT2D eigenvalue weighted by Gasteiger charge is -2.17. The maximum absolute atomic E-state index is 11.4. The maximum atomic E-state index is 11.4. The van der Waals surface area contributed by atoms with Crippen LogP contribution in [0.2, 0.25) is 0 Å². The molecule has 1 rings (SSSR count). The van der Waals surface area contributed by atoms with Crippen LogP contribution in [-0.2, 0) is 9.59 Å². The number of carboxylic acid groups (broad SMARTS) is 1. The second-order valence-electron chi connectivity index (χ2n) is 3.66. The zero-order valence-electron chi connectivity index (χ0n) is 9.64. The predicted octanol–water partition coefficient (Wildman–Crippen LogP) is 0.538. The van der Waals surface area contributed by atoms with E-state index in [4.69, 9.17) is 5.11 Å². The van der Waals surface area contributed by atoms with E-state index in [0.717, 1.165) is 5.56 Å². The molecule has 0 aliphatic rings. The highest BCUT2D eigenvalue weighted by molar-refractivity contribution is 5.79. The number of likely N-dealkylation sites (N-methyl/N-ethyl adjacent to an activating group) is 1. The number of nitrogens with one attached hydrogen (secondary N) is 2. The van der Waals surface area contributed by atoms with Crippen molar-refractivity contribution in [2.75, 3.05) is 13.6 Å². The molecule has 5 heteroatoms. The number of carboxylic acids is 1. The SMILES string of the molecule is CNCC(=O)NC(CC(=O)O)c1ccccc1. The molecule has 0 fully saturated rings. The Morgan fingerprint density at radius 1 is 1.29 bits per heavy atom. The Morgan fingerprint density at radius 3 is 2.47 bits per heavy atom. The third-order valence-electron chi connectivity index (χ3n) is 2.25. The minimum absolute atomic E-state index is 0.126. The normalized spacial score (nSPS) is 11.8. The fraction of sp³-hybridized carbons (Fsp3) is 0.333. The van der Waals surface area contributed by atoms with Crippen LogP contribution in [0.25, 0.3) is 0 Å². The molecule has 0 aliphatic carbocycles. The van der Waals surface area contributed by atoms with Gasteiger partial charge in [0, 0.05) is 0 Å². The summed E-state index contributed by atoms with van der Waals surface area (Å²) in [6, 6.07) is 8.58. The molecule has 92 valence electrons. The van der Waals surface area contributed by atoms with Crippen LogP contribution >= 0.6 is 0 Å². The van der Waals surface area contributed by atoms with E-state index in [1.807, 2.05) is 18.2 Å². The lowest BCUT2D eigenvalue weighted by atomic mass is 10.0. The zero-order chi connectivity index (χ0) is 12.7. The molecule has 0 saturated heterocycles. The molecule has 3 N–H and O–H groups in total. The van der Waals surface area contributed by atoms with Crippen molar-refractivity contribution in [3.05, 3.63) is 35.9 Å². The van der Waals surface area contributed by atoms with E-state index in [9.17, 15) is 9.59 Å². The van der Waals surface area contributed by atoms with Gasteiger partial charge in [0.25, 0.3) is 0 Å². The van der Waals surface area contributed by atoms with Gasteiger partial charge in [-0.25, -0.2) is 0 Å². The van der Waals surface area contributed by atoms with Crippen LogP contribution in [0.5, 0.6) is 0 Å². The average Bonchev–Trinajstić information content (AvgIpc) is 2.29. The molecule has 0 aromatic heterocycles. The Bertz CT molecular complexity index is 379. The summed E-state index contributed by atoms with van der Waals surface area (Å²) in [7, 11) is 1.66. The molecule has 1 unspecified atom stereocenters. The first-order valence-corrected chi connectivity index (χ1v) is 5.34. The minimum atomic E-state index is -0.941. The Kier molecular flexibility index (Phi) is 5.16. The number of hydrogen-bond acceptors (Lipinski definition) is 3. The highest BCUT2D eigenvalue weighted by Gasteiger charge is 2.17. The summed E-state index contributed by atoms with van der Waals surface area (Å²) in [4.78, 5) is 22.2. The third kappa shape index (κ3) is 4.65. The van der Waals surface area contributed by atoms with Gasteiger partial charge in [-0.2, -0.15) is 0 Å². The van der Waals surface area contributed by atoms with E-state index >= 15 is 0 Å². The molecule has 1 amide bonds. The summed E-state index contributed by atoms with van der Waals surface area (Å²) in [6.45, 7) is 0.170. The summed E-state index contributed by atoms with van der Waals surface area (Å²) >= 11 is 0. The van der Waals surface area contributed by atoms with Gasteiger partial charge in [0.1, 0.15) is 0 Å². The van der Waals surface area contributed by atoms with Gasteiger partial charge >= 0.3 is 5.97 Å². The molecule has 0 spiro atoms. The number of benzene rings is 1. The van der Waals surface area contributed by atoms with Crippen LogP contribution in [0.3, 0.4) is 0 Å². The molecule has 5 nitrogen and oxygen atoms in total. The largest absolute Gasteiger partial charge is 0.481 e. The zero-order valence-corrected chi connectivity index (χ0v) is 9.64. The second-order valence-corrected chi connectivity index (χ2v) is 3.66. The van der Waals surface area contributed by atoms with Gasteiger partial charge in [-0.15, -0.1) is 0 Å². The van der Waals surface area contributed by atoms with Crippen LogP contribution in [0, 0.1) is 0 Å². The number of carbonyl (C=O) groups is 2. The summed E-state index contributed by atoms with van der Waals surface area (Å²) in [5, 5.41) is 14.2. The molecular weight excluding hydrogens is 220 g/mol. The predicted molar refractivity (Wildman–Crippen MR) is 63.5 cm³/mol. The molecule has 17 heavy (non-hydrogen) atoms. The van der Waals surface area contributed by atoms with E-state index in [-0.39, 0.29) is 18.9 Å². The van der Waals surface area contributed by atoms with Gasteiger partial charge < -0.3 is 15.7 Å². The monoisotopic (exact) mass is 236 g/mol. The smallest absolute Gasteiger partial charge is 0.305 e. The fourth-order valence-electron chi connectivity index (χ4n) is 1.52. The van der Waals surface area contributed by atoms with Crippen molar-refractivity contribution < 1.29 is 14.7 Å². The summed E-state index contributed by atoms with van der Waals surface area (Å²) in [5.74, 6) is -1.16. The highest BCUT2D eigenvalue weighted by atomic mass is 16.4. The van der Waals surface area contributed by atoms with Crippen molar-refractivity contribution >= 4 is 11.9 Å². The van der Waals surface area contributed by atoms with Gasteiger partial charge in [-0.05, 0) is 12.6 Å². The van der Waals surface area contributed by atoms with Crippen LogP contribution in [0.4, 0.5) is 0 Å². The summed E-state index contributed by atoms with van der Waals surface area (Å²) < 4.78 is 0. The first-order chi connectivity index (χ1) is 8.13.